The number of nitrogens with zero attached hydrogens (tertiary/aromatic N) is 1. The molecule has 0 aliphatic rings. The van der Waals surface area contributed by atoms with Crippen LogP contribution in [0.1, 0.15) is 11.1 Å². The van der Waals surface area contributed by atoms with Crippen LogP contribution in [0.5, 0.6) is 0 Å². The van der Waals surface area contributed by atoms with Gasteiger partial charge in [0, 0.05) is 12.3 Å². The first kappa shape index (κ1) is 9.74. The van der Waals surface area contributed by atoms with E-state index in [4.69, 9.17) is 11.0 Å². The van der Waals surface area contributed by atoms with Gasteiger partial charge in [-0.3, -0.25) is 9.59 Å². The number of nitriles is 1. The molecule has 0 spiro atoms. The molecule has 5 nitrogen and oxygen atoms in total. The maximum absolute atomic E-state index is 10.9. The zero-order valence-corrected chi connectivity index (χ0v) is 7.15. The second kappa shape index (κ2) is 4.05. The van der Waals surface area contributed by atoms with Gasteiger partial charge < -0.3 is 10.7 Å². The van der Waals surface area contributed by atoms with Gasteiger partial charge in [0.15, 0.2) is 0 Å². The molecule has 0 aromatic carbocycles. The van der Waals surface area contributed by atoms with Crippen LogP contribution in [-0.4, -0.2) is 10.9 Å². The number of nitrogens with one attached hydrogen (secondary N) is 1. The van der Waals surface area contributed by atoms with E-state index in [2.05, 4.69) is 4.98 Å². The first-order chi connectivity index (χ1) is 6.63. The first-order valence-corrected chi connectivity index (χ1v) is 3.74. The number of pyridine rings is 1. The van der Waals surface area contributed by atoms with Crippen molar-refractivity contribution in [2.75, 3.05) is 0 Å². The highest BCUT2D eigenvalue weighted by atomic mass is 16.1. The molecule has 0 saturated heterocycles. The van der Waals surface area contributed by atoms with Crippen LogP contribution in [0.25, 0.3) is 6.08 Å². The number of nitrogens with two attached hydrogens (primary N) is 1. The smallest absolute Gasteiger partial charge is 0.265 e. The molecule has 3 N–H and O–H groups in total. The van der Waals surface area contributed by atoms with E-state index in [0.717, 1.165) is 6.08 Å². The number of hydrogen-bond donors (Lipinski definition) is 2. The molecule has 0 fully saturated rings. The van der Waals surface area contributed by atoms with Crippen LogP contribution < -0.4 is 11.3 Å². The van der Waals surface area contributed by atoms with Crippen LogP contribution in [-0.2, 0) is 4.79 Å². The van der Waals surface area contributed by atoms with Gasteiger partial charge in [-0.05, 0) is 17.7 Å². The van der Waals surface area contributed by atoms with Crippen LogP contribution >= 0.6 is 0 Å². The monoisotopic (exact) mass is 189 g/mol. The van der Waals surface area contributed by atoms with Crippen LogP contribution in [0.15, 0.2) is 23.1 Å². The molecular weight excluding hydrogens is 182 g/mol. The SMILES string of the molecule is N#Cc1cc(C=CC(N)=O)c[nH]c1=O. The highest BCUT2D eigenvalue weighted by Gasteiger charge is 1.97. The standard InChI is InChI=1S/C9H7N3O2/c10-4-7-3-6(1-2-8(11)13)5-12-9(7)14/h1-3,5H,(H2,11,13)(H,12,14). The Morgan fingerprint density at radius 2 is 2.36 bits per heavy atom. The van der Waals surface area contributed by atoms with Gasteiger partial charge >= 0.3 is 0 Å². The van der Waals surface area contributed by atoms with Crippen LogP contribution in [0, 0.1) is 11.3 Å². The van der Waals surface area contributed by atoms with Crippen molar-refractivity contribution in [3.05, 3.63) is 39.8 Å². The van der Waals surface area contributed by atoms with E-state index in [0.29, 0.717) is 5.56 Å². The zero-order valence-electron chi connectivity index (χ0n) is 7.15. The highest BCUT2D eigenvalue weighted by Crippen LogP contribution is 1.99. The average molecular weight is 189 g/mol. The Bertz CT molecular complexity index is 480. The summed E-state index contributed by atoms with van der Waals surface area (Å²) in [5, 5.41) is 8.53. The molecule has 5 heteroatoms. The lowest BCUT2D eigenvalue weighted by molar-refractivity contribution is -0.113. The second-order valence-electron chi connectivity index (χ2n) is 2.52. The molecule has 1 rings (SSSR count). The van der Waals surface area contributed by atoms with Gasteiger partial charge in [-0.2, -0.15) is 5.26 Å². The van der Waals surface area contributed by atoms with E-state index in [1.165, 1.54) is 18.3 Å². The maximum Gasteiger partial charge on any atom is 0.265 e. The molecule has 70 valence electrons. The Morgan fingerprint density at radius 3 is 2.93 bits per heavy atom. The fraction of sp³-hybridized carbons (Fsp3) is 0. The lowest BCUT2D eigenvalue weighted by atomic mass is 10.2. The quantitative estimate of drug-likeness (QED) is 0.627. The number of aromatic nitrogens is 1. The molecule has 0 aliphatic carbocycles. The summed E-state index contributed by atoms with van der Waals surface area (Å²) in [6.07, 6.45) is 3.95. The van der Waals surface area contributed by atoms with E-state index in [-0.39, 0.29) is 5.56 Å². The summed E-state index contributed by atoms with van der Waals surface area (Å²) in [6, 6.07) is 3.10. The molecular formula is C9H7N3O2. The topological polar surface area (TPSA) is 99.7 Å². The minimum absolute atomic E-state index is 0.00313. The summed E-state index contributed by atoms with van der Waals surface area (Å²) < 4.78 is 0. The minimum atomic E-state index is -0.588. The summed E-state index contributed by atoms with van der Waals surface area (Å²) in [5.74, 6) is -0.588. The summed E-state index contributed by atoms with van der Waals surface area (Å²) in [5.41, 5.74) is 4.96. The van der Waals surface area contributed by atoms with Crippen molar-refractivity contribution in [3.63, 3.8) is 0 Å². The Kier molecular flexibility index (Phi) is 2.82. The van der Waals surface area contributed by atoms with Crippen molar-refractivity contribution >= 4 is 12.0 Å². The van der Waals surface area contributed by atoms with Crippen molar-refractivity contribution in [3.8, 4) is 6.07 Å². The molecule has 0 bridgehead atoms. The predicted molar refractivity (Wildman–Crippen MR) is 50.0 cm³/mol. The second-order valence-corrected chi connectivity index (χ2v) is 2.52. The summed E-state index contributed by atoms with van der Waals surface area (Å²) >= 11 is 0. The summed E-state index contributed by atoms with van der Waals surface area (Å²) in [4.78, 5) is 23.7. The summed E-state index contributed by atoms with van der Waals surface area (Å²) in [7, 11) is 0. The number of carbonyl (C=O) groups excluding carboxylic acids is 1. The van der Waals surface area contributed by atoms with Crippen molar-refractivity contribution in [2.45, 2.75) is 0 Å². The Morgan fingerprint density at radius 1 is 1.64 bits per heavy atom. The number of rotatable bonds is 2. The van der Waals surface area contributed by atoms with Crippen molar-refractivity contribution in [1.82, 2.24) is 4.98 Å². The molecule has 1 heterocycles. The number of hydrogen-bond acceptors (Lipinski definition) is 3. The maximum atomic E-state index is 10.9. The lowest BCUT2D eigenvalue weighted by Crippen LogP contribution is -2.09. The highest BCUT2D eigenvalue weighted by molar-refractivity contribution is 5.90. The molecule has 1 amide bonds. The van der Waals surface area contributed by atoms with Gasteiger partial charge in [0.05, 0.1) is 0 Å². The largest absolute Gasteiger partial charge is 0.366 e. The van der Waals surface area contributed by atoms with Crippen LogP contribution in [0.2, 0.25) is 0 Å². The molecule has 0 atom stereocenters. The van der Waals surface area contributed by atoms with Gasteiger partial charge in [0.25, 0.3) is 5.56 Å². The van der Waals surface area contributed by atoms with Crippen molar-refractivity contribution in [2.24, 2.45) is 5.73 Å². The third kappa shape index (κ3) is 2.32. The third-order valence-electron chi connectivity index (χ3n) is 1.49. The van der Waals surface area contributed by atoms with Crippen molar-refractivity contribution < 1.29 is 4.79 Å². The van der Waals surface area contributed by atoms with E-state index < -0.39 is 11.5 Å². The van der Waals surface area contributed by atoms with Gasteiger partial charge in [-0.1, -0.05) is 0 Å². The zero-order chi connectivity index (χ0) is 10.6. The van der Waals surface area contributed by atoms with Gasteiger partial charge in [0.2, 0.25) is 5.91 Å². The number of aromatic amines is 1. The Hall–Kier alpha value is -2.35. The molecule has 14 heavy (non-hydrogen) atoms. The molecule has 0 aliphatic heterocycles. The number of amides is 1. The number of carbonyl (C=O) groups is 1. The third-order valence-corrected chi connectivity index (χ3v) is 1.49. The van der Waals surface area contributed by atoms with Gasteiger partial charge in [-0.25, -0.2) is 0 Å². The number of H-pyrrole nitrogens is 1. The Labute approximate surface area is 79.5 Å². The molecule has 1 aromatic rings. The average Bonchev–Trinajstić information content (AvgIpc) is 2.16. The van der Waals surface area contributed by atoms with Gasteiger partial charge in [-0.15, -0.1) is 0 Å². The molecule has 0 saturated carbocycles. The molecule has 0 radical (unpaired) electrons. The first-order valence-electron chi connectivity index (χ1n) is 3.74. The minimum Gasteiger partial charge on any atom is -0.366 e. The normalized spacial score (nSPS) is 9.93. The van der Waals surface area contributed by atoms with Crippen molar-refractivity contribution in [1.29, 1.82) is 5.26 Å². The fourth-order valence-corrected chi connectivity index (χ4v) is 0.858. The lowest BCUT2D eigenvalue weighted by Gasteiger charge is -1.92. The van der Waals surface area contributed by atoms with E-state index in [1.54, 1.807) is 6.07 Å². The molecule has 0 unspecified atom stereocenters. The van der Waals surface area contributed by atoms with E-state index in [1.807, 2.05) is 0 Å². The van der Waals surface area contributed by atoms with Crippen LogP contribution in [0.4, 0.5) is 0 Å². The van der Waals surface area contributed by atoms with E-state index in [9.17, 15) is 9.59 Å². The summed E-state index contributed by atoms with van der Waals surface area (Å²) in [6.45, 7) is 0. The van der Waals surface area contributed by atoms with E-state index >= 15 is 0 Å². The molecule has 1 aromatic heterocycles. The Balaban J connectivity index is 3.09. The number of primary amides is 1. The van der Waals surface area contributed by atoms with Gasteiger partial charge in [0.1, 0.15) is 11.6 Å². The predicted octanol–water partition coefficient (Wildman–Crippen LogP) is -0.255. The van der Waals surface area contributed by atoms with Crippen LogP contribution in [0.3, 0.4) is 0 Å². The fourth-order valence-electron chi connectivity index (χ4n) is 0.858.